The van der Waals surface area contributed by atoms with Crippen molar-refractivity contribution in [3.05, 3.63) is 45.2 Å². The molecule has 0 radical (unpaired) electrons. The van der Waals surface area contributed by atoms with E-state index in [4.69, 9.17) is 16.3 Å². The van der Waals surface area contributed by atoms with Crippen LogP contribution in [0.3, 0.4) is 0 Å². The first-order chi connectivity index (χ1) is 13.5. The Morgan fingerprint density at radius 2 is 1.93 bits per heavy atom. The van der Waals surface area contributed by atoms with E-state index in [2.05, 4.69) is 20.6 Å². The number of aromatic amines is 1. The number of H-pyrrole nitrogens is 1. The summed E-state index contributed by atoms with van der Waals surface area (Å²) in [5, 5.41) is 5.87. The van der Waals surface area contributed by atoms with Crippen LogP contribution in [-0.4, -0.2) is 48.1 Å². The number of fused-ring (bicyclic) bond motifs is 1. The number of anilines is 3. The molecule has 1 fully saturated rings. The van der Waals surface area contributed by atoms with Crippen LogP contribution < -0.4 is 21.1 Å². The van der Waals surface area contributed by atoms with Crippen molar-refractivity contribution in [2.75, 3.05) is 41.8 Å². The van der Waals surface area contributed by atoms with Gasteiger partial charge in [0.15, 0.2) is 0 Å². The van der Waals surface area contributed by atoms with Gasteiger partial charge >= 0.3 is 0 Å². The fourth-order valence-electron chi connectivity index (χ4n) is 3.27. The summed E-state index contributed by atoms with van der Waals surface area (Å²) in [5.74, 6) is -1.28. The molecule has 146 valence electrons. The van der Waals surface area contributed by atoms with Gasteiger partial charge in [-0.05, 0) is 24.3 Å². The van der Waals surface area contributed by atoms with Gasteiger partial charge in [-0.1, -0.05) is 11.6 Å². The summed E-state index contributed by atoms with van der Waals surface area (Å²) in [7, 11) is 0. The molecule has 10 heteroatoms. The van der Waals surface area contributed by atoms with Crippen molar-refractivity contribution in [3.63, 3.8) is 0 Å². The zero-order chi connectivity index (χ0) is 19.7. The molecule has 0 bridgehead atoms. The first-order valence-electron chi connectivity index (χ1n) is 8.84. The second-order valence-electron chi connectivity index (χ2n) is 6.55. The van der Waals surface area contributed by atoms with Gasteiger partial charge in [-0.2, -0.15) is 4.98 Å². The highest BCUT2D eigenvalue weighted by Gasteiger charge is 2.35. The minimum Gasteiger partial charge on any atom is -0.378 e. The lowest BCUT2D eigenvalue weighted by molar-refractivity contribution is -0.123. The summed E-state index contributed by atoms with van der Waals surface area (Å²) in [5.41, 5.74) is 0.238. The molecule has 0 spiro atoms. The Morgan fingerprint density at radius 3 is 2.64 bits per heavy atom. The molecule has 4 rings (SSSR count). The molecule has 0 aliphatic carbocycles. The molecular formula is C18H18ClN5O4. The number of morpholine rings is 1. The summed E-state index contributed by atoms with van der Waals surface area (Å²) < 4.78 is 5.30. The van der Waals surface area contributed by atoms with E-state index in [9.17, 15) is 14.4 Å². The van der Waals surface area contributed by atoms with Crippen LogP contribution in [0.25, 0.3) is 0 Å². The number of hydrogen-bond donors (Lipinski definition) is 3. The Labute approximate surface area is 165 Å². The second kappa shape index (κ2) is 7.61. The molecule has 2 aliphatic rings. The Kier molecular flexibility index (Phi) is 5.01. The van der Waals surface area contributed by atoms with Gasteiger partial charge in [-0.25, -0.2) is 0 Å². The van der Waals surface area contributed by atoms with Crippen LogP contribution in [0, 0.1) is 0 Å². The van der Waals surface area contributed by atoms with Crippen molar-refractivity contribution in [1.29, 1.82) is 0 Å². The summed E-state index contributed by atoms with van der Waals surface area (Å²) in [6, 6.07) is 6.57. The fourth-order valence-corrected chi connectivity index (χ4v) is 3.40. The Hall–Kier alpha value is -2.91. The van der Waals surface area contributed by atoms with Gasteiger partial charge in [-0.3, -0.25) is 19.4 Å². The van der Waals surface area contributed by atoms with Crippen molar-refractivity contribution in [2.45, 2.75) is 12.3 Å². The van der Waals surface area contributed by atoms with E-state index >= 15 is 0 Å². The maximum atomic E-state index is 12.8. The first-order valence-corrected chi connectivity index (χ1v) is 9.22. The SMILES string of the molecule is O=C1C[C@H](C(=O)Nc2ccc(Cl)cc2)c2c(nc(N3CCOCC3)[nH]c2=O)N1. The molecule has 0 saturated carbocycles. The molecule has 3 N–H and O–H groups in total. The molecule has 2 aromatic rings. The van der Waals surface area contributed by atoms with Crippen LogP contribution in [-0.2, 0) is 14.3 Å². The van der Waals surface area contributed by atoms with Crippen LogP contribution in [0.1, 0.15) is 17.9 Å². The van der Waals surface area contributed by atoms with Gasteiger partial charge in [0.25, 0.3) is 5.56 Å². The van der Waals surface area contributed by atoms with Crippen LogP contribution >= 0.6 is 11.6 Å². The number of amides is 2. The van der Waals surface area contributed by atoms with E-state index in [1.165, 1.54) is 0 Å². The third kappa shape index (κ3) is 3.71. The molecule has 2 amide bonds. The van der Waals surface area contributed by atoms with E-state index in [0.717, 1.165) is 0 Å². The zero-order valence-electron chi connectivity index (χ0n) is 14.8. The Morgan fingerprint density at radius 1 is 1.21 bits per heavy atom. The highest BCUT2D eigenvalue weighted by Crippen LogP contribution is 2.30. The van der Waals surface area contributed by atoms with Gasteiger partial charge in [0.05, 0.1) is 24.7 Å². The zero-order valence-corrected chi connectivity index (χ0v) is 15.6. The number of benzene rings is 1. The van der Waals surface area contributed by atoms with Gasteiger partial charge in [0.1, 0.15) is 5.82 Å². The molecule has 1 atom stereocenters. The largest absolute Gasteiger partial charge is 0.378 e. The predicted octanol–water partition coefficient (Wildman–Crippen LogP) is 1.32. The number of rotatable bonds is 3. The maximum Gasteiger partial charge on any atom is 0.258 e. The molecule has 1 aromatic heterocycles. The highest BCUT2D eigenvalue weighted by atomic mass is 35.5. The Bertz CT molecular complexity index is 969. The minimum absolute atomic E-state index is 0.123. The van der Waals surface area contributed by atoms with Gasteiger partial charge in [0.2, 0.25) is 17.8 Å². The average molecular weight is 404 g/mol. The normalized spacial score (nSPS) is 19.0. The van der Waals surface area contributed by atoms with Crippen molar-refractivity contribution >= 4 is 40.9 Å². The van der Waals surface area contributed by atoms with Gasteiger partial charge in [-0.15, -0.1) is 0 Å². The van der Waals surface area contributed by atoms with Crippen LogP contribution in [0.5, 0.6) is 0 Å². The summed E-state index contributed by atoms with van der Waals surface area (Å²) in [6.45, 7) is 2.21. The number of nitrogens with zero attached hydrogens (tertiary/aromatic N) is 2. The topological polar surface area (TPSA) is 116 Å². The monoisotopic (exact) mass is 403 g/mol. The lowest BCUT2D eigenvalue weighted by Crippen LogP contribution is -2.41. The third-order valence-electron chi connectivity index (χ3n) is 4.68. The maximum absolute atomic E-state index is 12.8. The summed E-state index contributed by atoms with van der Waals surface area (Å²) in [6.07, 6.45) is -0.131. The molecule has 1 aromatic carbocycles. The smallest absolute Gasteiger partial charge is 0.258 e. The van der Waals surface area contributed by atoms with Crippen molar-refractivity contribution in [2.24, 2.45) is 0 Å². The van der Waals surface area contributed by atoms with Crippen LogP contribution in [0.15, 0.2) is 29.1 Å². The standard InChI is InChI=1S/C18H18ClN5O4/c19-10-1-3-11(4-2-10)20-16(26)12-9-13(25)21-15-14(12)17(27)23-18(22-15)24-5-7-28-8-6-24/h1-4,12H,5-9H2,(H,20,26)(H2,21,22,23,25,27)/t12-/m0/s1. The lowest BCUT2D eigenvalue weighted by atomic mass is 9.92. The number of carbonyl (C=O) groups excluding carboxylic acids is 2. The molecule has 0 unspecified atom stereocenters. The predicted molar refractivity (Wildman–Crippen MR) is 104 cm³/mol. The van der Waals surface area contributed by atoms with Gasteiger partial charge in [0, 0.05) is 30.2 Å². The number of halogens is 1. The number of nitrogens with one attached hydrogen (secondary N) is 3. The number of carbonyl (C=O) groups is 2. The summed E-state index contributed by atoms with van der Waals surface area (Å²) >= 11 is 5.85. The second-order valence-corrected chi connectivity index (χ2v) is 6.99. The summed E-state index contributed by atoms with van der Waals surface area (Å²) in [4.78, 5) is 46.6. The van der Waals surface area contributed by atoms with Crippen molar-refractivity contribution in [1.82, 2.24) is 9.97 Å². The molecule has 28 heavy (non-hydrogen) atoms. The lowest BCUT2D eigenvalue weighted by Gasteiger charge is -2.29. The molecule has 9 nitrogen and oxygen atoms in total. The van der Waals surface area contributed by atoms with Gasteiger partial charge < -0.3 is 20.3 Å². The van der Waals surface area contributed by atoms with Crippen LogP contribution in [0.2, 0.25) is 5.02 Å². The molecule has 2 aliphatic heterocycles. The van der Waals surface area contributed by atoms with E-state index in [1.54, 1.807) is 24.3 Å². The quantitative estimate of drug-likeness (QED) is 0.711. The van der Waals surface area contributed by atoms with E-state index in [-0.39, 0.29) is 23.7 Å². The van der Waals surface area contributed by atoms with Crippen molar-refractivity contribution < 1.29 is 14.3 Å². The Balaban J connectivity index is 1.64. The number of ether oxygens (including phenoxy) is 1. The fraction of sp³-hybridized carbons (Fsp3) is 0.333. The number of hydrogen-bond acceptors (Lipinski definition) is 6. The molecular weight excluding hydrogens is 386 g/mol. The van der Waals surface area contributed by atoms with Crippen molar-refractivity contribution in [3.8, 4) is 0 Å². The van der Waals surface area contributed by atoms with E-state index in [1.807, 2.05) is 4.90 Å². The van der Waals surface area contributed by atoms with Crippen LogP contribution in [0.4, 0.5) is 17.5 Å². The molecule has 3 heterocycles. The highest BCUT2D eigenvalue weighted by molar-refractivity contribution is 6.30. The third-order valence-corrected chi connectivity index (χ3v) is 4.93. The first kappa shape index (κ1) is 18.5. The number of aromatic nitrogens is 2. The van der Waals surface area contributed by atoms with E-state index in [0.29, 0.717) is 43.0 Å². The molecule has 1 saturated heterocycles. The van der Waals surface area contributed by atoms with E-state index < -0.39 is 17.4 Å². The average Bonchev–Trinajstić information content (AvgIpc) is 2.69. The minimum atomic E-state index is -0.936.